The monoisotopic (exact) mass is 451 g/mol. The van der Waals surface area contributed by atoms with Gasteiger partial charge in [-0.2, -0.15) is 0 Å². The highest BCUT2D eigenvalue weighted by Gasteiger charge is 2.24. The molecular formula is C21H26ClN3O4S. The molecule has 30 heavy (non-hydrogen) atoms. The number of benzene rings is 1. The lowest BCUT2D eigenvalue weighted by molar-refractivity contribution is -0.123. The highest BCUT2D eigenvalue weighted by Crippen LogP contribution is 2.39. The van der Waals surface area contributed by atoms with E-state index in [4.69, 9.17) is 16.3 Å². The average molecular weight is 452 g/mol. The lowest BCUT2D eigenvalue weighted by Gasteiger charge is -2.17. The number of carbonyl (C=O) groups is 3. The van der Waals surface area contributed by atoms with Gasteiger partial charge in [-0.15, -0.1) is 11.3 Å². The summed E-state index contributed by atoms with van der Waals surface area (Å²) in [5.41, 5.74) is 1.55. The normalized spacial score (nSPS) is 10.9. The number of amides is 2. The maximum Gasteiger partial charge on any atom is 0.341 e. The van der Waals surface area contributed by atoms with E-state index in [-0.39, 0.29) is 43.1 Å². The Morgan fingerprint density at radius 2 is 1.80 bits per heavy atom. The fourth-order valence-electron chi connectivity index (χ4n) is 2.81. The Labute approximate surface area is 185 Å². The summed E-state index contributed by atoms with van der Waals surface area (Å²) < 4.78 is 5.19. The van der Waals surface area contributed by atoms with E-state index in [9.17, 15) is 14.4 Å². The van der Waals surface area contributed by atoms with Crippen LogP contribution in [0.5, 0.6) is 0 Å². The van der Waals surface area contributed by atoms with E-state index >= 15 is 0 Å². The van der Waals surface area contributed by atoms with Gasteiger partial charge in [-0.25, -0.2) is 4.79 Å². The molecule has 1 heterocycles. The molecule has 0 radical (unpaired) electrons. The first-order valence-corrected chi connectivity index (χ1v) is 10.8. The van der Waals surface area contributed by atoms with Crippen molar-refractivity contribution >= 4 is 45.7 Å². The van der Waals surface area contributed by atoms with Crippen molar-refractivity contribution < 1.29 is 19.1 Å². The Kier molecular flexibility index (Phi) is 8.83. The zero-order chi connectivity index (χ0) is 22.3. The van der Waals surface area contributed by atoms with Crippen LogP contribution < -0.4 is 10.6 Å². The van der Waals surface area contributed by atoms with Crippen LogP contribution in [0.25, 0.3) is 11.1 Å². The van der Waals surface area contributed by atoms with Crippen molar-refractivity contribution in [3.63, 3.8) is 0 Å². The first-order chi connectivity index (χ1) is 14.2. The van der Waals surface area contributed by atoms with Crippen LogP contribution in [0.1, 0.15) is 31.1 Å². The third kappa shape index (κ3) is 6.55. The second-order valence-corrected chi connectivity index (χ2v) is 8.28. The van der Waals surface area contributed by atoms with Crippen LogP contribution in [-0.2, 0) is 14.3 Å². The molecule has 2 rings (SSSR count). The van der Waals surface area contributed by atoms with Crippen LogP contribution in [0.2, 0.25) is 5.02 Å². The van der Waals surface area contributed by atoms with E-state index in [1.165, 1.54) is 11.3 Å². The molecule has 0 bridgehead atoms. The quantitative estimate of drug-likeness (QED) is 0.568. The molecule has 2 aromatic rings. The van der Waals surface area contributed by atoms with Crippen LogP contribution in [0.3, 0.4) is 0 Å². The van der Waals surface area contributed by atoms with Gasteiger partial charge in [-0.1, -0.05) is 29.8 Å². The number of esters is 1. The molecule has 1 aromatic carbocycles. The molecule has 0 aliphatic heterocycles. The van der Waals surface area contributed by atoms with Crippen molar-refractivity contribution in [1.82, 2.24) is 10.2 Å². The standard InChI is InChI=1S/C21H26ClN3O4S/c1-5-29-21(28)19-15(14-8-6-7-9-16(14)22)12-30-20(19)24-18(27)11-25(4)10-17(26)23-13(2)3/h6-9,12-13H,5,10-11H2,1-4H3,(H,23,26)(H,24,27). The van der Waals surface area contributed by atoms with Gasteiger partial charge in [0.15, 0.2) is 0 Å². The maximum absolute atomic E-state index is 12.6. The first kappa shape index (κ1) is 23.9. The molecule has 0 spiro atoms. The molecule has 0 aliphatic carbocycles. The number of halogens is 1. The Bertz CT molecular complexity index is 913. The predicted molar refractivity (Wildman–Crippen MR) is 120 cm³/mol. The summed E-state index contributed by atoms with van der Waals surface area (Å²) in [5, 5.41) is 8.19. The zero-order valence-electron chi connectivity index (χ0n) is 17.5. The smallest absolute Gasteiger partial charge is 0.341 e. The SMILES string of the molecule is CCOC(=O)c1c(-c2ccccc2Cl)csc1NC(=O)CN(C)CC(=O)NC(C)C. The average Bonchev–Trinajstić information content (AvgIpc) is 3.04. The van der Waals surface area contributed by atoms with Gasteiger partial charge in [0.25, 0.3) is 0 Å². The number of nitrogens with one attached hydrogen (secondary N) is 2. The fraction of sp³-hybridized carbons (Fsp3) is 0.381. The molecule has 0 atom stereocenters. The second kappa shape index (κ2) is 11.1. The fourth-order valence-corrected chi connectivity index (χ4v) is 4.02. The van der Waals surface area contributed by atoms with Gasteiger partial charge < -0.3 is 15.4 Å². The summed E-state index contributed by atoms with van der Waals surface area (Å²) in [6, 6.07) is 7.19. The van der Waals surface area contributed by atoms with Crippen molar-refractivity contribution in [2.75, 3.05) is 32.1 Å². The Morgan fingerprint density at radius 3 is 2.43 bits per heavy atom. The number of carbonyl (C=O) groups excluding carboxylic acids is 3. The molecule has 0 unspecified atom stereocenters. The number of rotatable bonds is 9. The number of likely N-dealkylation sites (N-methyl/N-ethyl adjacent to an activating group) is 1. The predicted octanol–water partition coefficient (Wildman–Crippen LogP) is 3.64. The summed E-state index contributed by atoms with van der Waals surface area (Å²) in [7, 11) is 1.68. The Hall–Kier alpha value is -2.42. The number of nitrogens with zero attached hydrogens (tertiary/aromatic N) is 1. The third-order valence-corrected chi connectivity index (χ3v) is 5.19. The van der Waals surface area contributed by atoms with E-state index in [0.29, 0.717) is 21.2 Å². The molecule has 0 fully saturated rings. The van der Waals surface area contributed by atoms with Crippen LogP contribution >= 0.6 is 22.9 Å². The molecule has 2 N–H and O–H groups in total. The molecular weight excluding hydrogens is 426 g/mol. The van der Waals surface area contributed by atoms with Crippen LogP contribution in [0.15, 0.2) is 29.6 Å². The molecule has 0 aliphatic rings. The van der Waals surface area contributed by atoms with E-state index in [0.717, 1.165) is 0 Å². The van der Waals surface area contributed by atoms with Gasteiger partial charge in [0.2, 0.25) is 11.8 Å². The minimum absolute atomic E-state index is 0.00684. The van der Waals surface area contributed by atoms with Crippen LogP contribution in [0.4, 0.5) is 5.00 Å². The number of ether oxygens (including phenoxy) is 1. The van der Waals surface area contributed by atoms with Gasteiger partial charge >= 0.3 is 5.97 Å². The van der Waals surface area contributed by atoms with Gasteiger partial charge in [-0.05, 0) is 33.9 Å². The van der Waals surface area contributed by atoms with Crippen molar-refractivity contribution in [3.05, 3.63) is 40.2 Å². The highest BCUT2D eigenvalue weighted by molar-refractivity contribution is 7.15. The third-order valence-electron chi connectivity index (χ3n) is 3.96. The summed E-state index contributed by atoms with van der Waals surface area (Å²) in [6.07, 6.45) is 0. The molecule has 0 saturated heterocycles. The number of anilines is 1. The highest BCUT2D eigenvalue weighted by atomic mass is 35.5. The van der Waals surface area contributed by atoms with Crippen LogP contribution in [0, 0.1) is 0 Å². The number of thiophene rings is 1. The largest absolute Gasteiger partial charge is 0.462 e. The Morgan fingerprint density at radius 1 is 1.13 bits per heavy atom. The molecule has 1 aromatic heterocycles. The number of hydrogen-bond acceptors (Lipinski definition) is 6. The Balaban J connectivity index is 2.19. The lowest BCUT2D eigenvalue weighted by atomic mass is 10.0. The molecule has 162 valence electrons. The van der Waals surface area contributed by atoms with E-state index < -0.39 is 5.97 Å². The van der Waals surface area contributed by atoms with E-state index in [1.54, 1.807) is 42.5 Å². The van der Waals surface area contributed by atoms with Crippen LogP contribution in [-0.4, -0.2) is 55.5 Å². The van der Waals surface area contributed by atoms with Gasteiger partial charge in [0.1, 0.15) is 10.6 Å². The summed E-state index contributed by atoms with van der Waals surface area (Å²) >= 11 is 7.52. The van der Waals surface area contributed by atoms with Crippen molar-refractivity contribution in [3.8, 4) is 11.1 Å². The molecule has 7 nitrogen and oxygen atoms in total. The van der Waals surface area contributed by atoms with Crippen molar-refractivity contribution in [2.45, 2.75) is 26.8 Å². The zero-order valence-corrected chi connectivity index (χ0v) is 19.0. The van der Waals surface area contributed by atoms with Gasteiger partial charge in [0, 0.05) is 27.6 Å². The number of hydrogen-bond donors (Lipinski definition) is 2. The minimum atomic E-state index is -0.534. The lowest BCUT2D eigenvalue weighted by Crippen LogP contribution is -2.41. The maximum atomic E-state index is 12.6. The van der Waals surface area contributed by atoms with Gasteiger partial charge in [-0.3, -0.25) is 14.5 Å². The van der Waals surface area contributed by atoms with Crippen molar-refractivity contribution in [1.29, 1.82) is 0 Å². The first-order valence-electron chi connectivity index (χ1n) is 9.54. The van der Waals surface area contributed by atoms with Gasteiger partial charge in [0.05, 0.1) is 19.7 Å². The molecule has 2 amide bonds. The second-order valence-electron chi connectivity index (χ2n) is 7.00. The van der Waals surface area contributed by atoms with E-state index in [2.05, 4.69) is 10.6 Å². The summed E-state index contributed by atoms with van der Waals surface area (Å²) in [4.78, 5) is 38.6. The van der Waals surface area contributed by atoms with Crippen molar-refractivity contribution in [2.24, 2.45) is 0 Å². The summed E-state index contributed by atoms with van der Waals surface area (Å²) in [6.45, 7) is 5.75. The molecule has 0 saturated carbocycles. The van der Waals surface area contributed by atoms with E-state index in [1.807, 2.05) is 19.9 Å². The summed E-state index contributed by atoms with van der Waals surface area (Å²) in [5.74, 6) is -1.04. The minimum Gasteiger partial charge on any atom is -0.462 e. The molecule has 9 heteroatoms. The topological polar surface area (TPSA) is 87.7 Å².